The number of aromatic nitrogens is 5. The van der Waals surface area contributed by atoms with Gasteiger partial charge in [-0.15, -0.1) is 16.4 Å². The van der Waals surface area contributed by atoms with E-state index in [1.165, 1.54) is 19.4 Å². The lowest BCUT2D eigenvalue weighted by molar-refractivity contribution is -0.140. The van der Waals surface area contributed by atoms with Crippen molar-refractivity contribution < 1.29 is 18.0 Å². The number of aryl methyl sites for hydroxylation is 2. The Balaban J connectivity index is 1.52. The minimum atomic E-state index is -4.59. The van der Waals surface area contributed by atoms with Crippen molar-refractivity contribution in [2.24, 2.45) is 7.05 Å². The number of amides is 1. The summed E-state index contributed by atoms with van der Waals surface area (Å²) in [7, 11) is 1.41. The molecule has 0 fully saturated rings. The topological polar surface area (TPSA) is 77.6 Å². The third kappa shape index (κ3) is 3.86. The molecule has 0 aliphatic carbocycles. The molecule has 0 unspecified atom stereocenters. The van der Waals surface area contributed by atoms with Crippen molar-refractivity contribution in [1.29, 1.82) is 0 Å². The Morgan fingerprint density at radius 1 is 1.24 bits per heavy atom. The standard InChI is InChI=1S/C18H15F3N6OS/c1-10-4-3-5-11(6-10)8-27-9-22-17(25-27)23-15(28)13-7-12-14(18(19,20)21)24-26(2)16(12)29-13/h3-7,9H,8H2,1-2H3,(H,23,25,28). The molecule has 0 spiro atoms. The van der Waals surface area contributed by atoms with E-state index in [1.807, 2.05) is 31.2 Å². The van der Waals surface area contributed by atoms with Crippen LogP contribution in [0.5, 0.6) is 0 Å². The van der Waals surface area contributed by atoms with E-state index >= 15 is 0 Å². The van der Waals surface area contributed by atoms with Crippen LogP contribution in [0.2, 0.25) is 0 Å². The molecule has 0 saturated carbocycles. The smallest absolute Gasteiger partial charge is 0.288 e. The van der Waals surface area contributed by atoms with E-state index in [4.69, 9.17) is 0 Å². The molecule has 1 amide bonds. The second kappa shape index (κ2) is 6.99. The van der Waals surface area contributed by atoms with Crippen molar-refractivity contribution in [3.63, 3.8) is 0 Å². The molecular formula is C18H15F3N6OS. The number of fused-ring (bicyclic) bond motifs is 1. The third-order valence-electron chi connectivity index (χ3n) is 4.19. The van der Waals surface area contributed by atoms with E-state index in [-0.39, 0.29) is 21.0 Å². The average Bonchev–Trinajstić information content (AvgIpc) is 3.31. The van der Waals surface area contributed by atoms with Crippen LogP contribution < -0.4 is 5.32 Å². The van der Waals surface area contributed by atoms with Crippen LogP contribution in [0.25, 0.3) is 10.2 Å². The van der Waals surface area contributed by atoms with Crippen molar-refractivity contribution in [2.75, 3.05) is 5.32 Å². The summed E-state index contributed by atoms with van der Waals surface area (Å²) in [4.78, 5) is 16.9. The van der Waals surface area contributed by atoms with Gasteiger partial charge in [-0.3, -0.25) is 14.8 Å². The molecule has 150 valence electrons. The van der Waals surface area contributed by atoms with E-state index in [9.17, 15) is 18.0 Å². The Bertz CT molecular complexity index is 1210. The molecule has 1 N–H and O–H groups in total. The van der Waals surface area contributed by atoms with Crippen LogP contribution in [0, 0.1) is 6.92 Å². The van der Waals surface area contributed by atoms with E-state index < -0.39 is 17.8 Å². The zero-order valence-corrected chi connectivity index (χ0v) is 16.2. The highest BCUT2D eigenvalue weighted by atomic mass is 32.1. The number of carbonyl (C=O) groups is 1. The van der Waals surface area contributed by atoms with Crippen LogP contribution >= 0.6 is 11.3 Å². The fourth-order valence-corrected chi connectivity index (χ4v) is 3.92. The van der Waals surface area contributed by atoms with E-state index in [0.29, 0.717) is 6.54 Å². The minimum Gasteiger partial charge on any atom is -0.288 e. The molecule has 0 atom stereocenters. The summed E-state index contributed by atoms with van der Waals surface area (Å²) in [5.41, 5.74) is 1.14. The average molecular weight is 420 g/mol. The summed E-state index contributed by atoms with van der Waals surface area (Å²) < 4.78 is 42.0. The maximum atomic E-state index is 13.1. The minimum absolute atomic E-state index is 0.0780. The lowest BCUT2D eigenvalue weighted by Crippen LogP contribution is -2.12. The Morgan fingerprint density at radius 3 is 2.76 bits per heavy atom. The first-order valence-corrected chi connectivity index (χ1v) is 9.32. The number of halogens is 3. The second-order valence-corrected chi connectivity index (χ2v) is 7.54. The first kappa shape index (κ1) is 19.1. The summed E-state index contributed by atoms with van der Waals surface area (Å²) in [6.45, 7) is 2.47. The predicted molar refractivity (Wildman–Crippen MR) is 102 cm³/mol. The van der Waals surface area contributed by atoms with Gasteiger partial charge in [0.25, 0.3) is 5.91 Å². The van der Waals surface area contributed by atoms with Gasteiger partial charge in [-0.25, -0.2) is 9.67 Å². The number of anilines is 1. The van der Waals surface area contributed by atoms with Gasteiger partial charge < -0.3 is 0 Å². The van der Waals surface area contributed by atoms with Gasteiger partial charge in [0.2, 0.25) is 5.95 Å². The summed E-state index contributed by atoms with van der Waals surface area (Å²) in [6.07, 6.45) is -3.11. The number of rotatable bonds is 4. The molecule has 4 rings (SSSR count). The number of carbonyl (C=O) groups excluding carboxylic acids is 1. The normalized spacial score (nSPS) is 11.9. The van der Waals surface area contributed by atoms with E-state index in [0.717, 1.165) is 27.1 Å². The molecule has 0 bridgehead atoms. The first-order chi connectivity index (χ1) is 13.7. The maximum Gasteiger partial charge on any atom is 0.435 e. The Morgan fingerprint density at radius 2 is 2.03 bits per heavy atom. The predicted octanol–water partition coefficient (Wildman–Crippen LogP) is 3.85. The zero-order chi connectivity index (χ0) is 20.8. The molecule has 3 heterocycles. The van der Waals surface area contributed by atoms with Gasteiger partial charge in [-0.1, -0.05) is 29.8 Å². The number of hydrogen-bond donors (Lipinski definition) is 1. The van der Waals surface area contributed by atoms with Crippen molar-refractivity contribution in [2.45, 2.75) is 19.6 Å². The monoisotopic (exact) mass is 420 g/mol. The van der Waals surface area contributed by atoms with Gasteiger partial charge in [0, 0.05) is 12.4 Å². The highest BCUT2D eigenvalue weighted by Crippen LogP contribution is 2.37. The lowest BCUT2D eigenvalue weighted by Gasteiger charge is -2.02. The van der Waals surface area contributed by atoms with Gasteiger partial charge in [0.15, 0.2) is 5.69 Å². The number of benzene rings is 1. The van der Waals surface area contributed by atoms with Crippen LogP contribution in [-0.2, 0) is 19.8 Å². The van der Waals surface area contributed by atoms with Crippen LogP contribution in [-0.4, -0.2) is 30.5 Å². The van der Waals surface area contributed by atoms with Crippen LogP contribution in [0.1, 0.15) is 26.5 Å². The van der Waals surface area contributed by atoms with Crippen molar-refractivity contribution in [3.05, 3.63) is 58.4 Å². The largest absolute Gasteiger partial charge is 0.435 e. The Labute approximate surface area is 166 Å². The summed E-state index contributed by atoms with van der Waals surface area (Å²) >= 11 is 0.925. The SMILES string of the molecule is Cc1cccc(Cn2cnc(NC(=O)c3cc4c(C(F)(F)F)nn(C)c4s3)n2)c1. The molecular weight excluding hydrogens is 405 g/mol. The van der Waals surface area contributed by atoms with Crippen LogP contribution in [0.15, 0.2) is 36.7 Å². The maximum absolute atomic E-state index is 13.1. The first-order valence-electron chi connectivity index (χ1n) is 8.51. The molecule has 0 aliphatic rings. The molecule has 11 heteroatoms. The number of thiophene rings is 1. The van der Waals surface area contributed by atoms with Crippen LogP contribution in [0.3, 0.4) is 0 Å². The fourth-order valence-electron chi connectivity index (χ4n) is 2.95. The third-order valence-corrected chi connectivity index (χ3v) is 5.39. The summed E-state index contributed by atoms with van der Waals surface area (Å²) in [5, 5.41) is 10.1. The fraction of sp³-hybridized carbons (Fsp3) is 0.222. The molecule has 0 radical (unpaired) electrons. The quantitative estimate of drug-likeness (QED) is 0.544. The van der Waals surface area contributed by atoms with E-state index in [2.05, 4.69) is 20.5 Å². The van der Waals surface area contributed by atoms with Crippen molar-refractivity contribution >= 4 is 33.4 Å². The molecule has 29 heavy (non-hydrogen) atoms. The van der Waals surface area contributed by atoms with Crippen molar-refractivity contribution in [1.82, 2.24) is 24.5 Å². The Kier molecular flexibility index (Phi) is 4.61. The van der Waals surface area contributed by atoms with Crippen LogP contribution in [0.4, 0.5) is 19.1 Å². The van der Waals surface area contributed by atoms with Gasteiger partial charge >= 0.3 is 6.18 Å². The number of nitrogens with zero attached hydrogens (tertiary/aromatic N) is 5. The zero-order valence-electron chi connectivity index (χ0n) is 15.4. The van der Waals surface area contributed by atoms with E-state index in [1.54, 1.807) is 4.68 Å². The Hall–Kier alpha value is -3.21. The lowest BCUT2D eigenvalue weighted by atomic mass is 10.1. The number of alkyl halides is 3. The van der Waals surface area contributed by atoms with Gasteiger partial charge in [0.1, 0.15) is 11.2 Å². The molecule has 0 saturated heterocycles. The van der Waals surface area contributed by atoms with Crippen molar-refractivity contribution in [3.8, 4) is 0 Å². The summed E-state index contributed by atoms with van der Waals surface area (Å²) in [6, 6.07) is 9.09. The molecule has 4 aromatic rings. The second-order valence-electron chi connectivity index (χ2n) is 6.51. The summed E-state index contributed by atoms with van der Waals surface area (Å²) in [5.74, 6) is -0.498. The highest BCUT2D eigenvalue weighted by Gasteiger charge is 2.37. The highest BCUT2D eigenvalue weighted by molar-refractivity contribution is 7.20. The van der Waals surface area contributed by atoms with Gasteiger partial charge in [-0.2, -0.15) is 18.3 Å². The molecule has 1 aromatic carbocycles. The van der Waals surface area contributed by atoms with Gasteiger partial charge in [0.05, 0.1) is 11.4 Å². The molecule has 3 aromatic heterocycles. The molecule has 0 aliphatic heterocycles. The molecule has 7 nitrogen and oxygen atoms in total. The number of hydrogen-bond acceptors (Lipinski definition) is 5. The van der Waals surface area contributed by atoms with Gasteiger partial charge in [-0.05, 0) is 18.6 Å². The number of nitrogens with one attached hydrogen (secondary N) is 1.